The summed E-state index contributed by atoms with van der Waals surface area (Å²) in [5.74, 6) is -0.432. The van der Waals surface area contributed by atoms with Gasteiger partial charge in [-0.1, -0.05) is 0 Å². The van der Waals surface area contributed by atoms with E-state index in [1.165, 1.54) is 0 Å². The Morgan fingerprint density at radius 2 is 2.08 bits per heavy atom. The van der Waals surface area contributed by atoms with Crippen molar-refractivity contribution in [1.29, 1.82) is 0 Å². The first kappa shape index (κ1) is 9.48. The summed E-state index contributed by atoms with van der Waals surface area (Å²) in [6, 6.07) is 0.366. The van der Waals surface area contributed by atoms with Gasteiger partial charge in [-0.25, -0.2) is 0 Å². The minimum Gasteiger partial charge on any atom is -0.369 e. The minimum atomic E-state index is -0.273. The molecule has 1 unspecified atom stereocenters. The van der Waals surface area contributed by atoms with Crippen LogP contribution in [-0.4, -0.2) is 36.0 Å². The van der Waals surface area contributed by atoms with Crippen LogP contribution in [0.2, 0.25) is 0 Å². The lowest BCUT2D eigenvalue weighted by atomic mass is 10.0. The zero-order valence-electron chi connectivity index (χ0n) is 7.66. The Kier molecular flexibility index (Phi) is 2.69. The topological polar surface area (TPSA) is 72.3 Å². The maximum atomic E-state index is 10.9. The van der Waals surface area contributed by atoms with Gasteiger partial charge in [-0.3, -0.25) is 9.69 Å². The first-order chi connectivity index (χ1) is 5.52. The quantitative estimate of drug-likeness (QED) is 0.568. The molecule has 0 spiro atoms. The number of likely N-dealkylation sites (tertiary alicyclic amines) is 1. The molecule has 0 aromatic heterocycles. The number of nitrogens with two attached hydrogens (primary N) is 2. The maximum absolute atomic E-state index is 10.9. The third-order valence-electron chi connectivity index (χ3n) is 2.49. The van der Waals surface area contributed by atoms with E-state index >= 15 is 0 Å². The van der Waals surface area contributed by atoms with Gasteiger partial charge in [0.2, 0.25) is 5.91 Å². The Labute approximate surface area is 72.9 Å². The number of amides is 1. The van der Waals surface area contributed by atoms with Crippen LogP contribution in [0.25, 0.3) is 0 Å². The van der Waals surface area contributed by atoms with Crippen LogP contribution in [0.1, 0.15) is 13.8 Å². The van der Waals surface area contributed by atoms with Crippen LogP contribution in [0.5, 0.6) is 0 Å². The third-order valence-corrected chi connectivity index (χ3v) is 2.49. The molecule has 2 atom stereocenters. The Balaban J connectivity index is 2.56. The molecular weight excluding hydrogens is 154 g/mol. The van der Waals surface area contributed by atoms with Crippen LogP contribution in [0.15, 0.2) is 0 Å². The van der Waals surface area contributed by atoms with Gasteiger partial charge in [-0.15, -0.1) is 0 Å². The van der Waals surface area contributed by atoms with Crippen molar-refractivity contribution in [2.45, 2.75) is 25.9 Å². The fourth-order valence-electron chi connectivity index (χ4n) is 1.58. The predicted octanol–water partition coefficient (Wildman–Crippen LogP) is -0.861. The molecule has 1 fully saturated rings. The van der Waals surface area contributed by atoms with E-state index in [9.17, 15) is 4.79 Å². The van der Waals surface area contributed by atoms with Crippen molar-refractivity contribution in [3.63, 3.8) is 0 Å². The lowest BCUT2D eigenvalue weighted by Crippen LogP contribution is -2.37. The number of hydrogen-bond acceptors (Lipinski definition) is 3. The molecule has 12 heavy (non-hydrogen) atoms. The smallest absolute Gasteiger partial charge is 0.223 e. The monoisotopic (exact) mass is 171 g/mol. The molecule has 4 nitrogen and oxygen atoms in total. The average molecular weight is 171 g/mol. The van der Waals surface area contributed by atoms with Gasteiger partial charge in [0.25, 0.3) is 0 Å². The van der Waals surface area contributed by atoms with Gasteiger partial charge in [0.1, 0.15) is 0 Å². The van der Waals surface area contributed by atoms with E-state index in [1.807, 2.05) is 0 Å². The van der Waals surface area contributed by atoms with Crippen LogP contribution in [0.4, 0.5) is 0 Å². The zero-order valence-corrected chi connectivity index (χ0v) is 7.66. The van der Waals surface area contributed by atoms with Crippen molar-refractivity contribution in [1.82, 2.24) is 4.90 Å². The Morgan fingerprint density at radius 1 is 1.50 bits per heavy atom. The molecule has 1 aliphatic heterocycles. The highest BCUT2D eigenvalue weighted by Gasteiger charge is 2.34. The third kappa shape index (κ3) is 1.76. The van der Waals surface area contributed by atoms with E-state index in [0.29, 0.717) is 12.6 Å². The number of hydrogen-bond donors (Lipinski definition) is 2. The van der Waals surface area contributed by atoms with Crippen molar-refractivity contribution in [3.8, 4) is 0 Å². The highest BCUT2D eigenvalue weighted by Crippen LogP contribution is 2.16. The van der Waals surface area contributed by atoms with E-state index < -0.39 is 0 Å². The molecule has 4 heteroatoms. The minimum absolute atomic E-state index is 0.0788. The van der Waals surface area contributed by atoms with Gasteiger partial charge in [-0.2, -0.15) is 0 Å². The van der Waals surface area contributed by atoms with Crippen LogP contribution < -0.4 is 11.5 Å². The fourth-order valence-corrected chi connectivity index (χ4v) is 1.58. The largest absolute Gasteiger partial charge is 0.369 e. The number of nitrogens with zero attached hydrogens (tertiary/aromatic N) is 1. The van der Waals surface area contributed by atoms with Crippen LogP contribution in [0.3, 0.4) is 0 Å². The van der Waals surface area contributed by atoms with Crippen LogP contribution in [-0.2, 0) is 4.79 Å². The molecule has 70 valence electrons. The highest BCUT2D eigenvalue weighted by atomic mass is 16.1. The molecule has 1 saturated heterocycles. The van der Waals surface area contributed by atoms with Crippen molar-refractivity contribution >= 4 is 5.91 Å². The second-order valence-corrected chi connectivity index (χ2v) is 3.72. The molecular formula is C8H17N3O. The summed E-state index contributed by atoms with van der Waals surface area (Å²) in [7, 11) is 0. The van der Waals surface area contributed by atoms with Gasteiger partial charge in [-0.05, 0) is 13.8 Å². The molecule has 1 rings (SSSR count). The molecule has 0 bridgehead atoms. The van der Waals surface area contributed by atoms with E-state index in [0.717, 1.165) is 6.54 Å². The molecule has 1 aliphatic rings. The fraction of sp³-hybridized carbons (Fsp3) is 0.875. The molecule has 0 radical (unpaired) electrons. The molecule has 4 N–H and O–H groups in total. The molecule has 1 heterocycles. The van der Waals surface area contributed by atoms with Crippen molar-refractivity contribution in [3.05, 3.63) is 0 Å². The summed E-state index contributed by atoms with van der Waals surface area (Å²) in [5, 5.41) is 0. The summed E-state index contributed by atoms with van der Waals surface area (Å²) in [4.78, 5) is 13.1. The van der Waals surface area contributed by atoms with E-state index in [1.54, 1.807) is 0 Å². The summed E-state index contributed by atoms with van der Waals surface area (Å²) in [6.07, 6.45) is 0. The lowest BCUT2D eigenvalue weighted by molar-refractivity contribution is -0.121. The Morgan fingerprint density at radius 3 is 2.33 bits per heavy atom. The number of carbonyl (C=O) groups excluding carboxylic acids is 1. The van der Waals surface area contributed by atoms with Crippen LogP contribution >= 0.6 is 0 Å². The van der Waals surface area contributed by atoms with E-state index in [-0.39, 0.29) is 17.9 Å². The summed E-state index contributed by atoms with van der Waals surface area (Å²) in [6.45, 7) is 5.69. The van der Waals surface area contributed by atoms with E-state index in [2.05, 4.69) is 18.7 Å². The number of rotatable bonds is 2. The molecule has 0 aromatic carbocycles. The SMILES string of the molecule is CC(C)N1CC(C(N)=O)[C@H](N)C1. The van der Waals surface area contributed by atoms with Crippen molar-refractivity contribution < 1.29 is 4.79 Å². The standard InChI is InChI=1S/C8H17N3O/c1-5(2)11-3-6(8(10)12)7(9)4-11/h5-7H,3-4,9H2,1-2H3,(H2,10,12)/t6?,7-/m1/s1. The second-order valence-electron chi connectivity index (χ2n) is 3.72. The molecule has 0 aliphatic carbocycles. The maximum Gasteiger partial charge on any atom is 0.223 e. The van der Waals surface area contributed by atoms with Crippen molar-refractivity contribution in [2.75, 3.05) is 13.1 Å². The first-order valence-corrected chi connectivity index (χ1v) is 4.31. The van der Waals surface area contributed by atoms with E-state index in [4.69, 9.17) is 11.5 Å². The molecule has 1 amide bonds. The predicted molar refractivity (Wildman–Crippen MR) is 47.4 cm³/mol. The Hall–Kier alpha value is -0.610. The lowest BCUT2D eigenvalue weighted by Gasteiger charge is -2.19. The van der Waals surface area contributed by atoms with Gasteiger partial charge < -0.3 is 11.5 Å². The Bertz CT molecular complexity index is 181. The summed E-state index contributed by atoms with van der Waals surface area (Å²) >= 11 is 0. The van der Waals surface area contributed by atoms with Gasteiger partial charge in [0.15, 0.2) is 0 Å². The number of carbonyl (C=O) groups is 1. The van der Waals surface area contributed by atoms with Crippen molar-refractivity contribution in [2.24, 2.45) is 17.4 Å². The summed E-state index contributed by atoms with van der Waals surface area (Å²) < 4.78 is 0. The average Bonchev–Trinajstić information content (AvgIpc) is 2.30. The molecule has 0 aromatic rings. The van der Waals surface area contributed by atoms with Gasteiger partial charge >= 0.3 is 0 Å². The van der Waals surface area contributed by atoms with Crippen LogP contribution in [0, 0.1) is 5.92 Å². The summed E-state index contributed by atoms with van der Waals surface area (Å²) in [5.41, 5.74) is 11.0. The van der Waals surface area contributed by atoms with Gasteiger partial charge in [0.05, 0.1) is 5.92 Å². The zero-order chi connectivity index (χ0) is 9.30. The first-order valence-electron chi connectivity index (χ1n) is 4.31. The highest BCUT2D eigenvalue weighted by molar-refractivity contribution is 5.78. The number of primary amides is 1. The normalized spacial score (nSPS) is 31.3. The molecule has 0 saturated carbocycles. The van der Waals surface area contributed by atoms with Gasteiger partial charge in [0, 0.05) is 25.2 Å². The second kappa shape index (κ2) is 3.41.